The predicted octanol–water partition coefficient (Wildman–Crippen LogP) is 1.84. The zero-order valence-electron chi connectivity index (χ0n) is 8.86. The van der Waals surface area contributed by atoms with Gasteiger partial charge in [0.1, 0.15) is 0 Å². The van der Waals surface area contributed by atoms with Crippen molar-refractivity contribution < 1.29 is 19.8 Å². The van der Waals surface area contributed by atoms with E-state index in [2.05, 4.69) is 0 Å². The maximum absolute atomic E-state index is 10.7. The molecule has 14 heavy (non-hydrogen) atoms. The smallest absolute Gasteiger partial charge is 0.306 e. The fraction of sp³-hybridized carbons (Fsp3) is 0.800. The molecule has 0 amide bonds. The van der Waals surface area contributed by atoms with Gasteiger partial charge in [0.05, 0.1) is 5.92 Å². The van der Waals surface area contributed by atoms with Crippen LogP contribution in [0.1, 0.15) is 33.6 Å². The van der Waals surface area contributed by atoms with Crippen molar-refractivity contribution in [1.82, 2.24) is 0 Å². The molecule has 0 aromatic heterocycles. The van der Waals surface area contributed by atoms with E-state index >= 15 is 0 Å². The Labute approximate surface area is 83.9 Å². The molecule has 2 N–H and O–H groups in total. The first-order valence-electron chi connectivity index (χ1n) is 4.80. The first-order chi connectivity index (χ1) is 6.36. The molecule has 0 bridgehead atoms. The summed E-state index contributed by atoms with van der Waals surface area (Å²) < 4.78 is 0. The Morgan fingerprint density at radius 1 is 1.14 bits per heavy atom. The Kier molecular flexibility index (Phi) is 5.20. The lowest BCUT2D eigenvalue weighted by Gasteiger charge is -2.22. The summed E-state index contributed by atoms with van der Waals surface area (Å²) in [6.07, 6.45) is 0.645. The second-order valence-corrected chi connectivity index (χ2v) is 3.90. The quantitative estimate of drug-likeness (QED) is 0.689. The molecule has 0 radical (unpaired) electrons. The van der Waals surface area contributed by atoms with Crippen LogP contribution in [0.15, 0.2) is 0 Å². The van der Waals surface area contributed by atoms with Gasteiger partial charge in [-0.3, -0.25) is 9.59 Å². The van der Waals surface area contributed by atoms with Gasteiger partial charge < -0.3 is 10.2 Å². The van der Waals surface area contributed by atoms with Crippen LogP contribution in [-0.4, -0.2) is 22.2 Å². The van der Waals surface area contributed by atoms with Gasteiger partial charge in [-0.1, -0.05) is 20.8 Å². The normalized spacial score (nSPS) is 17.1. The Morgan fingerprint density at radius 2 is 1.64 bits per heavy atom. The summed E-state index contributed by atoms with van der Waals surface area (Å²) in [5, 5.41) is 17.2. The van der Waals surface area contributed by atoms with Crippen LogP contribution >= 0.6 is 0 Å². The molecule has 4 nitrogen and oxygen atoms in total. The average Bonchev–Trinajstić information content (AvgIpc) is 2.11. The highest BCUT2D eigenvalue weighted by Crippen LogP contribution is 2.24. The molecule has 0 heterocycles. The van der Waals surface area contributed by atoms with Crippen molar-refractivity contribution in [2.24, 2.45) is 17.8 Å². The van der Waals surface area contributed by atoms with Gasteiger partial charge in [0.15, 0.2) is 0 Å². The summed E-state index contributed by atoms with van der Waals surface area (Å²) >= 11 is 0. The lowest BCUT2D eigenvalue weighted by atomic mass is 9.82. The maximum Gasteiger partial charge on any atom is 0.306 e. The number of rotatable bonds is 6. The molecule has 0 saturated heterocycles. The van der Waals surface area contributed by atoms with E-state index in [1.807, 2.05) is 13.8 Å². The fourth-order valence-corrected chi connectivity index (χ4v) is 1.33. The summed E-state index contributed by atoms with van der Waals surface area (Å²) in [5.74, 6) is -1.94. The third-order valence-corrected chi connectivity index (χ3v) is 2.89. The monoisotopic (exact) mass is 202 g/mol. The van der Waals surface area contributed by atoms with Crippen molar-refractivity contribution in [2.45, 2.75) is 33.6 Å². The van der Waals surface area contributed by atoms with Crippen LogP contribution in [0.5, 0.6) is 0 Å². The molecule has 82 valence electrons. The van der Waals surface area contributed by atoms with E-state index in [4.69, 9.17) is 10.2 Å². The molecule has 3 unspecified atom stereocenters. The van der Waals surface area contributed by atoms with Crippen LogP contribution in [0.2, 0.25) is 0 Å². The van der Waals surface area contributed by atoms with Crippen LogP contribution in [0.3, 0.4) is 0 Å². The third kappa shape index (κ3) is 4.25. The lowest BCUT2D eigenvalue weighted by molar-refractivity contribution is -0.143. The summed E-state index contributed by atoms with van der Waals surface area (Å²) in [6.45, 7) is 5.41. The number of carbonyl (C=O) groups is 2. The van der Waals surface area contributed by atoms with Crippen LogP contribution in [-0.2, 0) is 9.59 Å². The van der Waals surface area contributed by atoms with E-state index in [0.29, 0.717) is 6.42 Å². The first kappa shape index (κ1) is 12.9. The van der Waals surface area contributed by atoms with Gasteiger partial charge in [-0.2, -0.15) is 0 Å². The summed E-state index contributed by atoms with van der Waals surface area (Å²) in [7, 11) is 0. The zero-order valence-corrected chi connectivity index (χ0v) is 8.86. The van der Waals surface area contributed by atoms with E-state index < -0.39 is 17.9 Å². The molecule has 0 aromatic rings. The minimum atomic E-state index is -0.827. The summed E-state index contributed by atoms with van der Waals surface area (Å²) in [4.78, 5) is 21.0. The largest absolute Gasteiger partial charge is 0.481 e. The van der Waals surface area contributed by atoms with Gasteiger partial charge in [-0.15, -0.1) is 0 Å². The van der Waals surface area contributed by atoms with Gasteiger partial charge in [0.2, 0.25) is 0 Å². The topological polar surface area (TPSA) is 74.6 Å². The number of hydrogen-bond donors (Lipinski definition) is 2. The highest BCUT2D eigenvalue weighted by atomic mass is 16.4. The first-order valence-corrected chi connectivity index (χ1v) is 4.80. The molecule has 0 aliphatic carbocycles. The van der Waals surface area contributed by atoms with Gasteiger partial charge in [0.25, 0.3) is 0 Å². The van der Waals surface area contributed by atoms with E-state index in [-0.39, 0.29) is 18.3 Å². The van der Waals surface area contributed by atoms with Gasteiger partial charge in [-0.25, -0.2) is 0 Å². The van der Waals surface area contributed by atoms with Crippen molar-refractivity contribution in [3.05, 3.63) is 0 Å². The van der Waals surface area contributed by atoms with Crippen LogP contribution in [0.4, 0.5) is 0 Å². The highest BCUT2D eigenvalue weighted by Gasteiger charge is 2.24. The Bertz CT molecular complexity index is 212. The fourth-order valence-electron chi connectivity index (χ4n) is 1.33. The Balaban J connectivity index is 4.04. The summed E-state index contributed by atoms with van der Waals surface area (Å²) in [5.41, 5.74) is 0. The minimum absolute atomic E-state index is 0.00634. The van der Waals surface area contributed by atoms with Crippen LogP contribution in [0, 0.1) is 17.8 Å². The summed E-state index contributed by atoms with van der Waals surface area (Å²) in [6, 6.07) is 0. The van der Waals surface area contributed by atoms with Gasteiger partial charge in [0, 0.05) is 6.42 Å². The molecular weight excluding hydrogens is 184 g/mol. The van der Waals surface area contributed by atoms with E-state index in [0.717, 1.165) is 0 Å². The Morgan fingerprint density at radius 3 is 2.00 bits per heavy atom. The number of carboxylic acid groups (broad SMARTS) is 2. The molecule has 0 spiro atoms. The second-order valence-electron chi connectivity index (χ2n) is 3.90. The average molecular weight is 202 g/mol. The molecule has 0 fully saturated rings. The van der Waals surface area contributed by atoms with Gasteiger partial charge in [-0.05, 0) is 18.3 Å². The molecule has 0 aromatic carbocycles. The second kappa shape index (κ2) is 5.62. The van der Waals surface area contributed by atoms with E-state index in [1.165, 1.54) is 0 Å². The molecule has 4 heteroatoms. The Hall–Kier alpha value is -1.06. The molecule has 0 aliphatic rings. The van der Waals surface area contributed by atoms with E-state index in [1.54, 1.807) is 6.92 Å². The van der Waals surface area contributed by atoms with Crippen molar-refractivity contribution in [3.8, 4) is 0 Å². The highest BCUT2D eigenvalue weighted by molar-refractivity contribution is 5.70. The molecular formula is C10H18O4. The van der Waals surface area contributed by atoms with Crippen molar-refractivity contribution in [2.75, 3.05) is 0 Å². The molecule has 0 rings (SSSR count). The van der Waals surface area contributed by atoms with Crippen LogP contribution < -0.4 is 0 Å². The predicted molar refractivity (Wildman–Crippen MR) is 52.0 cm³/mol. The van der Waals surface area contributed by atoms with Gasteiger partial charge >= 0.3 is 11.9 Å². The van der Waals surface area contributed by atoms with Crippen LogP contribution in [0.25, 0.3) is 0 Å². The van der Waals surface area contributed by atoms with Crippen molar-refractivity contribution >= 4 is 11.9 Å². The third-order valence-electron chi connectivity index (χ3n) is 2.89. The van der Waals surface area contributed by atoms with Crippen molar-refractivity contribution in [1.29, 1.82) is 0 Å². The molecule has 0 aliphatic heterocycles. The number of hydrogen-bond acceptors (Lipinski definition) is 2. The molecule has 0 saturated carbocycles. The van der Waals surface area contributed by atoms with Crippen molar-refractivity contribution in [3.63, 3.8) is 0 Å². The maximum atomic E-state index is 10.7. The number of aliphatic carboxylic acids is 2. The molecule has 3 atom stereocenters. The minimum Gasteiger partial charge on any atom is -0.481 e. The standard InChI is InChI=1S/C10H18O4/c1-6(4-5-9(11)12)7(2)8(3)10(13)14/h6-8H,4-5H2,1-3H3,(H,11,12)(H,13,14). The zero-order chi connectivity index (χ0) is 11.3. The lowest BCUT2D eigenvalue weighted by Crippen LogP contribution is -2.24. The van der Waals surface area contributed by atoms with E-state index in [9.17, 15) is 9.59 Å². The SMILES string of the molecule is CC(CCC(=O)O)C(C)C(C)C(=O)O. The number of carboxylic acids is 2.